The Balaban J connectivity index is 1.75. The van der Waals surface area contributed by atoms with Gasteiger partial charge in [0.1, 0.15) is 0 Å². The molecule has 0 aliphatic heterocycles. The van der Waals surface area contributed by atoms with Crippen molar-refractivity contribution in [1.29, 1.82) is 0 Å². The van der Waals surface area contributed by atoms with Crippen LogP contribution in [0, 0.1) is 5.92 Å². The zero-order valence-electron chi connectivity index (χ0n) is 18.4. The monoisotopic (exact) mass is 402 g/mol. The van der Waals surface area contributed by atoms with Crippen LogP contribution in [0.3, 0.4) is 0 Å². The molecule has 1 saturated carbocycles. The maximum Gasteiger partial charge on any atom is 0.223 e. The van der Waals surface area contributed by atoms with Crippen LogP contribution in [0.1, 0.15) is 70.6 Å². The molecule has 1 fully saturated rings. The molecule has 1 aliphatic rings. The number of hydrogen-bond donors (Lipinski definition) is 4. The van der Waals surface area contributed by atoms with Gasteiger partial charge in [-0.3, -0.25) is 9.79 Å². The zero-order chi connectivity index (χ0) is 21.3. The Morgan fingerprint density at radius 3 is 2.34 bits per heavy atom. The van der Waals surface area contributed by atoms with Crippen LogP contribution in [-0.2, 0) is 10.2 Å². The standard InChI is InChI=1S/C23H38N4O2/c1-5-24-22(26-15-7-14-25-21(29)18-8-6-9-18)27-16-20(28)17-10-12-19(13-11-17)23(2,3)4/h10-13,18,20,28H,5-9,14-16H2,1-4H3,(H,25,29)(H2,24,26,27). The molecule has 0 saturated heterocycles. The number of nitrogens with one attached hydrogen (secondary N) is 3. The molecule has 6 nitrogen and oxygen atoms in total. The van der Waals surface area contributed by atoms with Gasteiger partial charge < -0.3 is 21.1 Å². The van der Waals surface area contributed by atoms with Gasteiger partial charge in [-0.15, -0.1) is 0 Å². The molecule has 1 unspecified atom stereocenters. The van der Waals surface area contributed by atoms with E-state index >= 15 is 0 Å². The minimum absolute atomic E-state index is 0.0983. The van der Waals surface area contributed by atoms with Crippen LogP contribution in [-0.4, -0.2) is 43.2 Å². The summed E-state index contributed by atoms with van der Waals surface area (Å²) in [6.45, 7) is 11.0. The van der Waals surface area contributed by atoms with E-state index in [0.29, 0.717) is 25.6 Å². The van der Waals surface area contributed by atoms with Crippen LogP contribution in [0.4, 0.5) is 0 Å². The average Bonchev–Trinajstić information content (AvgIpc) is 2.63. The summed E-state index contributed by atoms with van der Waals surface area (Å²) in [6, 6.07) is 8.10. The van der Waals surface area contributed by atoms with Crippen molar-refractivity contribution in [3.05, 3.63) is 35.4 Å². The number of amides is 1. The van der Waals surface area contributed by atoms with Gasteiger partial charge in [0.25, 0.3) is 0 Å². The van der Waals surface area contributed by atoms with E-state index in [1.165, 1.54) is 12.0 Å². The normalized spacial score (nSPS) is 16.1. The molecule has 1 aromatic carbocycles. The first-order valence-corrected chi connectivity index (χ1v) is 10.9. The number of aliphatic hydroxyl groups excluding tert-OH is 1. The number of nitrogens with zero attached hydrogens (tertiary/aromatic N) is 1. The third kappa shape index (κ3) is 7.69. The van der Waals surface area contributed by atoms with Gasteiger partial charge in [-0.05, 0) is 42.7 Å². The molecule has 6 heteroatoms. The summed E-state index contributed by atoms with van der Waals surface area (Å²) < 4.78 is 0. The molecule has 162 valence electrons. The van der Waals surface area contributed by atoms with E-state index in [1.807, 2.05) is 19.1 Å². The quantitative estimate of drug-likeness (QED) is 0.291. The molecule has 0 spiro atoms. The van der Waals surface area contributed by atoms with E-state index in [4.69, 9.17) is 0 Å². The maximum atomic E-state index is 11.8. The van der Waals surface area contributed by atoms with Gasteiger partial charge >= 0.3 is 0 Å². The Hall–Kier alpha value is -2.08. The van der Waals surface area contributed by atoms with Crippen molar-refractivity contribution >= 4 is 11.9 Å². The van der Waals surface area contributed by atoms with Crippen LogP contribution >= 0.6 is 0 Å². The van der Waals surface area contributed by atoms with Crippen LogP contribution in [0.5, 0.6) is 0 Å². The lowest BCUT2D eigenvalue weighted by molar-refractivity contribution is -0.127. The van der Waals surface area contributed by atoms with Crippen LogP contribution in [0.15, 0.2) is 29.3 Å². The van der Waals surface area contributed by atoms with E-state index in [1.54, 1.807) is 0 Å². The summed E-state index contributed by atoms with van der Waals surface area (Å²) in [4.78, 5) is 16.3. The highest BCUT2D eigenvalue weighted by molar-refractivity contribution is 5.80. The third-order valence-corrected chi connectivity index (χ3v) is 5.35. The summed E-state index contributed by atoms with van der Waals surface area (Å²) in [5.41, 5.74) is 2.22. The van der Waals surface area contributed by atoms with Crippen molar-refractivity contribution in [2.75, 3.05) is 26.2 Å². The van der Waals surface area contributed by atoms with Crippen molar-refractivity contribution in [1.82, 2.24) is 16.0 Å². The average molecular weight is 403 g/mol. The zero-order valence-corrected chi connectivity index (χ0v) is 18.4. The number of hydrogen-bond acceptors (Lipinski definition) is 3. The highest BCUT2D eigenvalue weighted by Gasteiger charge is 2.24. The summed E-state index contributed by atoms with van der Waals surface area (Å²) in [5.74, 6) is 1.11. The fraction of sp³-hybridized carbons (Fsp3) is 0.652. The molecule has 29 heavy (non-hydrogen) atoms. The maximum absolute atomic E-state index is 11.8. The third-order valence-electron chi connectivity index (χ3n) is 5.35. The van der Waals surface area contributed by atoms with E-state index in [9.17, 15) is 9.90 Å². The van der Waals surface area contributed by atoms with Crippen molar-refractivity contribution in [2.24, 2.45) is 10.9 Å². The number of aliphatic imine (C=N–C) groups is 1. The first kappa shape index (κ1) is 23.2. The van der Waals surface area contributed by atoms with Crippen LogP contribution in [0.2, 0.25) is 0 Å². The lowest BCUT2D eigenvalue weighted by Crippen LogP contribution is -2.40. The first-order chi connectivity index (χ1) is 13.8. The number of benzene rings is 1. The van der Waals surface area contributed by atoms with Crippen LogP contribution in [0.25, 0.3) is 0 Å². The van der Waals surface area contributed by atoms with Crippen molar-refractivity contribution in [3.8, 4) is 0 Å². The fourth-order valence-corrected chi connectivity index (χ4v) is 3.15. The van der Waals surface area contributed by atoms with Crippen molar-refractivity contribution < 1.29 is 9.90 Å². The molecule has 0 bridgehead atoms. The second kappa shape index (κ2) is 11.2. The topological polar surface area (TPSA) is 85.8 Å². The summed E-state index contributed by atoms with van der Waals surface area (Å²) in [6.07, 6.45) is 3.43. The number of aliphatic hydroxyl groups is 1. The molecule has 1 aliphatic carbocycles. The molecular formula is C23H38N4O2. The number of guanidine groups is 1. The summed E-state index contributed by atoms with van der Waals surface area (Å²) >= 11 is 0. The predicted molar refractivity (Wildman–Crippen MR) is 119 cm³/mol. The van der Waals surface area contributed by atoms with E-state index in [-0.39, 0.29) is 17.2 Å². The van der Waals surface area contributed by atoms with Gasteiger partial charge in [-0.1, -0.05) is 51.5 Å². The molecule has 0 heterocycles. The Bertz CT molecular complexity index is 660. The summed E-state index contributed by atoms with van der Waals surface area (Å²) in [5, 5.41) is 19.9. The summed E-state index contributed by atoms with van der Waals surface area (Å²) in [7, 11) is 0. The molecule has 2 rings (SSSR count). The first-order valence-electron chi connectivity index (χ1n) is 10.9. The van der Waals surface area contributed by atoms with Gasteiger partial charge in [-0.2, -0.15) is 0 Å². The Labute approximate surface area is 175 Å². The lowest BCUT2D eigenvalue weighted by Gasteiger charge is -2.24. The van der Waals surface area contributed by atoms with E-state index in [0.717, 1.165) is 31.4 Å². The van der Waals surface area contributed by atoms with Crippen molar-refractivity contribution in [3.63, 3.8) is 0 Å². The smallest absolute Gasteiger partial charge is 0.223 e. The fourth-order valence-electron chi connectivity index (χ4n) is 3.15. The van der Waals surface area contributed by atoms with Gasteiger partial charge in [0.2, 0.25) is 5.91 Å². The minimum Gasteiger partial charge on any atom is -0.386 e. The minimum atomic E-state index is -0.638. The number of rotatable bonds is 9. The second-order valence-corrected chi connectivity index (χ2v) is 8.81. The highest BCUT2D eigenvalue weighted by atomic mass is 16.3. The molecule has 1 amide bonds. The SMILES string of the molecule is CCNC(=NCC(O)c1ccc(C(C)(C)C)cc1)NCCCNC(=O)C1CCC1. The van der Waals surface area contributed by atoms with E-state index in [2.05, 4.69) is 53.8 Å². The molecule has 1 atom stereocenters. The highest BCUT2D eigenvalue weighted by Crippen LogP contribution is 2.26. The van der Waals surface area contributed by atoms with Gasteiger partial charge in [-0.25, -0.2) is 0 Å². The number of carbonyl (C=O) groups excluding carboxylic acids is 1. The Morgan fingerprint density at radius 1 is 1.14 bits per heavy atom. The van der Waals surface area contributed by atoms with Gasteiger partial charge in [0.15, 0.2) is 5.96 Å². The largest absolute Gasteiger partial charge is 0.386 e. The van der Waals surface area contributed by atoms with Crippen molar-refractivity contribution in [2.45, 2.75) is 64.9 Å². The van der Waals surface area contributed by atoms with E-state index < -0.39 is 6.10 Å². The Kier molecular flexibility index (Phi) is 8.96. The lowest BCUT2D eigenvalue weighted by atomic mass is 9.85. The van der Waals surface area contributed by atoms with Crippen LogP contribution < -0.4 is 16.0 Å². The molecule has 0 aromatic heterocycles. The van der Waals surface area contributed by atoms with Gasteiger partial charge in [0, 0.05) is 25.6 Å². The molecule has 1 aromatic rings. The molecular weight excluding hydrogens is 364 g/mol. The van der Waals surface area contributed by atoms with Gasteiger partial charge in [0.05, 0.1) is 12.6 Å². The Morgan fingerprint density at radius 2 is 1.79 bits per heavy atom. The second-order valence-electron chi connectivity index (χ2n) is 8.81. The molecule has 0 radical (unpaired) electrons. The number of carbonyl (C=O) groups is 1. The molecule has 4 N–H and O–H groups in total. The predicted octanol–water partition coefficient (Wildman–Crippen LogP) is 2.88.